The van der Waals surface area contributed by atoms with Gasteiger partial charge in [0.2, 0.25) is 5.96 Å². The molecule has 0 radical (unpaired) electrons. The summed E-state index contributed by atoms with van der Waals surface area (Å²) in [5, 5.41) is 6.49. The van der Waals surface area contributed by atoms with Gasteiger partial charge in [0.05, 0.1) is 17.9 Å². The molecule has 0 unspecified atom stereocenters. The molecule has 1 aromatic rings. The Balaban J connectivity index is 1.60. The van der Waals surface area contributed by atoms with Crippen LogP contribution in [0, 0.1) is 0 Å². The van der Waals surface area contributed by atoms with E-state index in [0.717, 1.165) is 44.1 Å². The molecular formula is C18H29N7. The summed E-state index contributed by atoms with van der Waals surface area (Å²) in [6, 6.07) is 4.40. The highest BCUT2D eigenvalue weighted by molar-refractivity contribution is 5.99. The van der Waals surface area contributed by atoms with Gasteiger partial charge in [-0.2, -0.15) is 4.99 Å². The molecule has 1 aromatic heterocycles. The Hall–Kier alpha value is -2.15. The Bertz CT molecular complexity index is 596. The number of aliphatic imine (C=N–C) groups is 2. The number of hydrogen-bond acceptors (Lipinski definition) is 5. The molecule has 0 atom stereocenters. The van der Waals surface area contributed by atoms with Crippen LogP contribution in [0.1, 0.15) is 39.0 Å². The molecule has 2 aliphatic rings. The van der Waals surface area contributed by atoms with E-state index < -0.39 is 0 Å². The largest absolute Gasteiger partial charge is 0.369 e. The van der Waals surface area contributed by atoms with Crippen LogP contribution in [0.15, 0.2) is 28.3 Å². The number of piperazine rings is 1. The lowest BCUT2D eigenvalue weighted by Gasteiger charge is -2.29. The van der Waals surface area contributed by atoms with Crippen LogP contribution in [0.3, 0.4) is 0 Å². The van der Waals surface area contributed by atoms with Crippen molar-refractivity contribution < 1.29 is 0 Å². The van der Waals surface area contributed by atoms with Crippen LogP contribution < -0.4 is 21.3 Å². The van der Waals surface area contributed by atoms with E-state index in [1.165, 1.54) is 25.7 Å². The maximum absolute atomic E-state index is 6.04. The second kappa shape index (κ2) is 8.80. The Kier molecular flexibility index (Phi) is 6.22. The van der Waals surface area contributed by atoms with E-state index in [0.29, 0.717) is 17.8 Å². The quantitative estimate of drug-likeness (QED) is 0.573. The molecule has 2 heterocycles. The summed E-state index contributed by atoms with van der Waals surface area (Å²) in [7, 11) is 0. The third-order valence-corrected chi connectivity index (χ3v) is 4.72. The molecule has 1 aliphatic carbocycles. The molecule has 2 fully saturated rings. The van der Waals surface area contributed by atoms with Gasteiger partial charge in [0.1, 0.15) is 5.84 Å². The van der Waals surface area contributed by atoms with Crippen LogP contribution in [-0.4, -0.2) is 49.0 Å². The summed E-state index contributed by atoms with van der Waals surface area (Å²) < 4.78 is 0. The molecule has 1 aliphatic heterocycles. The van der Waals surface area contributed by atoms with Gasteiger partial charge in [-0.1, -0.05) is 19.8 Å². The fraction of sp³-hybridized carbons (Fsp3) is 0.611. The number of hydrogen-bond donors (Lipinski definition) is 3. The smallest absolute Gasteiger partial charge is 0.200 e. The van der Waals surface area contributed by atoms with Gasteiger partial charge in [0.25, 0.3) is 0 Å². The van der Waals surface area contributed by atoms with Crippen LogP contribution >= 0.6 is 0 Å². The fourth-order valence-corrected chi connectivity index (χ4v) is 3.32. The topological polar surface area (TPSA) is 90.9 Å². The van der Waals surface area contributed by atoms with Gasteiger partial charge in [-0.05, 0) is 25.0 Å². The molecule has 0 amide bonds. The van der Waals surface area contributed by atoms with E-state index in [1.54, 1.807) is 0 Å². The van der Waals surface area contributed by atoms with E-state index in [4.69, 9.17) is 10.7 Å². The molecule has 7 heteroatoms. The predicted octanol–water partition coefficient (Wildman–Crippen LogP) is 1.78. The van der Waals surface area contributed by atoms with E-state index in [9.17, 15) is 0 Å². The summed E-state index contributed by atoms with van der Waals surface area (Å²) in [5.74, 6) is 1.87. The highest BCUT2D eigenvalue weighted by Gasteiger charge is 2.14. The molecule has 7 nitrogen and oxygen atoms in total. The summed E-state index contributed by atoms with van der Waals surface area (Å²) in [6.07, 6.45) is 7.59. The first-order valence-electron chi connectivity index (χ1n) is 9.34. The molecule has 4 N–H and O–H groups in total. The summed E-state index contributed by atoms with van der Waals surface area (Å²) in [4.78, 5) is 15.9. The lowest BCUT2D eigenvalue weighted by atomic mass is 10.2. The van der Waals surface area contributed by atoms with E-state index in [2.05, 4.69) is 38.5 Å². The zero-order valence-corrected chi connectivity index (χ0v) is 15.0. The normalized spacial score (nSPS) is 20.1. The van der Waals surface area contributed by atoms with Crippen molar-refractivity contribution in [3.05, 3.63) is 18.3 Å². The third-order valence-electron chi connectivity index (χ3n) is 4.72. The maximum Gasteiger partial charge on any atom is 0.200 e. The SMILES string of the molecule is CCC(=NC1CCCC1)NC(N)=Nc1ccc(N2CCNCC2)cn1. The molecule has 1 saturated heterocycles. The number of nitrogens with two attached hydrogens (primary N) is 1. The molecular weight excluding hydrogens is 314 g/mol. The predicted molar refractivity (Wildman–Crippen MR) is 104 cm³/mol. The van der Waals surface area contributed by atoms with Crippen LogP contribution in [0.25, 0.3) is 0 Å². The number of nitrogens with one attached hydrogen (secondary N) is 2. The number of rotatable bonds is 4. The Morgan fingerprint density at radius 1 is 1.32 bits per heavy atom. The maximum atomic E-state index is 6.04. The first-order valence-corrected chi connectivity index (χ1v) is 9.34. The highest BCUT2D eigenvalue weighted by atomic mass is 15.2. The number of pyridine rings is 1. The standard InChI is InChI=1S/C18H29N7/c1-2-16(22-14-5-3-4-6-14)23-18(19)24-17-8-7-15(13-21-17)25-11-9-20-10-12-25/h7-8,13-14,20H,2-6,9-12H2,1H3,(H3,19,21,22,23,24). The first kappa shape index (κ1) is 17.7. The zero-order chi connectivity index (χ0) is 17.5. The summed E-state index contributed by atoms with van der Waals surface area (Å²) >= 11 is 0. The number of amidine groups is 1. The third kappa shape index (κ3) is 5.16. The van der Waals surface area contributed by atoms with Crippen molar-refractivity contribution in [1.29, 1.82) is 0 Å². The molecule has 1 saturated carbocycles. The van der Waals surface area contributed by atoms with Crippen molar-refractivity contribution in [2.75, 3.05) is 31.1 Å². The average molecular weight is 343 g/mol. The second-order valence-corrected chi connectivity index (χ2v) is 6.60. The van der Waals surface area contributed by atoms with Crippen molar-refractivity contribution in [3.63, 3.8) is 0 Å². The van der Waals surface area contributed by atoms with Crippen molar-refractivity contribution >= 4 is 23.3 Å². The van der Waals surface area contributed by atoms with Gasteiger partial charge >= 0.3 is 0 Å². The second-order valence-electron chi connectivity index (χ2n) is 6.60. The van der Waals surface area contributed by atoms with Crippen LogP contribution in [0.2, 0.25) is 0 Å². The molecule has 0 spiro atoms. The van der Waals surface area contributed by atoms with Crippen molar-refractivity contribution in [1.82, 2.24) is 15.6 Å². The van der Waals surface area contributed by atoms with E-state index >= 15 is 0 Å². The number of nitrogens with zero attached hydrogens (tertiary/aromatic N) is 4. The van der Waals surface area contributed by atoms with Crippen LogP contribution in [0.5, 0.6) is 0 Å². The van der Waals surface area contributed by atoms with Gasteiger partial charge in [0, 0.05) is 32.6 Å². The minimum absolute atomic E-state index is 0.348. The van der Waals surface area contributed by atoms with E-state index in [-0.39, 0.29) is 0 Å². The lowest BCUT2D eigenvalue weighted by Crippen LogP contribution is -2.43. The zero-order valence-electron chi connectivity index (χ0n) is 15.0. The molecule has 25 heavy (non-hydrogen) atoms. The minimum Gasteiger partial charge on any atom is -0.369 e. The summed E-state index contributed by atoms with van der Waals surface area (Å²) in [6.45, 7) is 6.11. The molecule has 3 rings (SSSR count). The van der Waals surface area contributed by atoms with Crippen LogP contribution in [0.4, 0.5) is 11.5 Å². The minimum atomic E-state index is 0.348. The number of guanidine groups is 1. The monoisotopic (exact) mass is 343 g/mol. The fourth-order valence-electron chi connectivity index (χ4n) is 3.32. The molecule has 136 valence electrons. The van der Waals surface area contributed by atoms with Gasteiger partial charge in [0.15, 0.2) is 5.82 Å². The Morgan fingerprint density at radius 3 is 2.72 bits per heavy atom. The summed E-state index contributed by atoms with van der Waals surface area (Å²) in [5.41, 5.74) is 7.17. The number of aromatic nitrogens is 1. The highest BCUT2D eigenvalue weighted by Crippen LogP contribution is 2.21. The van der Waals surface area contributed by atoms with Crippen molar-refractivity contribution in [3.8, 4) is 0 Å². The average Bonchev–Trinajstić information content (AvgIpc) is 3.15. The van der Waals surface area contributed by atoms with Gasteiger partial charge < -0.3 is 21.3 Å². The Morgan fingerprint density at radius 2 is 2.08 bits per heavy atom. The first-order chi connectivity index (χ1) is 12.2. The lowest BCUT2D eigenvalue weighted by molar-refractivity contribution is 0.589. The van der Waals surface area contributed by atoms with Crippen molar-refractivity contribution in [2.24, 2.45) is 15.7 Å². The van der Waals surface area contributed by atoms with Gasteiger partial charge in [-0.15, -0.1) is 0 Å². The van der Waals surface area contributed by atoms with Gasteiger partial charge in [-0.25, -0.2) is 4.98 Å². The number of anilines is 1. The van der Waals surface area contributed by atoms with Crippen LogP contribution in [-0.2, 0) is 0 Å². The van der Waals surface area contributed by atoms with E-state index in [1.807, 2.05) is 12.3 Å². The van der Waals surface area contributed by atoms with Crippen molar-refractivity contribution in [2.45, 2.75) is 45.1 Å². The molecule has 0 aromatic carbocycles. The molecule has 0 bridgehead atoms. The Labute approximate surface area is 149 Å². The van der Waals surface area contributed by atoms with Gasteiger partial charge in [-0.3, -0.25) is 4.99 Å².